The normalized spacial score (nSPS) is 13.4. The number of carboxylic acids is 1. The van der Waals surface area contributed by atoms with Gasteiger partial charge in [-0.3, -0.25) is 4.72 Å². The highest BCUT2D eigenvalue weighted by Gasteiger charge is 2.31. The minimum absolute atomic E-state index is 0.0413. The second kappa shape index (κ2) is 7.81. The van der Waals surface area contributed by atoms with E-state index in [-0.39, 0.29) is 38.9 Å². The minimum Gasteiger partial charge on any atom is -0.478 e. The van der Waals surface area contributed by atoms with Crippen molar-refractivity contribution in [1.82, 2.24) is 4.98 Å². The standard InChI is InChI=1S/C22H16FN3O4S/c23-21-3-1-2-18(25-21)17-8-4-13(12-24)10-19(17)26-31(29,30)20-11-15(22(27)28)7-9-16(20)14-5-6-14/h1-4,7-11,14,26H,5-6H2,(H,27,28). The van der Waals surface area contributed by atoms with Crippen LogP contribution < -0.4 is 4.72 Å². The second-order valence-corrected chi connectivity index (χ2v) is 8.81. The summed E-state index contributed by atoms with van der Waals surface area (Å²) in [7, 11) is -4.21. The van der Waals surface area contributed by atoms with Gasteiger partial charge in [-0.25, -0.2) is 18.2 Å². The minimum atomic E-state index is -4.21. The maximum atomic E-state index is 13.6. The van der Waals surface area contributed by atoms with Crippen molar-refractivity contribution in [3.63, 3.8) is 0 Å². The number of nitrogens with one attached hydrogen (secondary N) is 1. The smallest absolute Gasteiger partial charge is 0.335 e. The summed E-state index contributed by atoms with van der Waals surface area (Å²) < 4.78 is 42.7. The van der Waals surface area contributed by atoms with Crippen LogP contribution in [0.4, 0.5) is 10.1 Å². The van der Waals surface area contributed by atoms with Gasteiger partial charge >= 0.3 is 5.97 Å². The molecule has 156 valence electrons. The topological polar surface area (TPSA) is 120 Å². The Kier molecular flexibility index (Phi) is 5.17. The van der Waals surface area contributed by atoms with Crippen LogP contribution in [0.2, 0.25) is 0 Å². The Balaban J connectivity index is 1.83. The highest BCUT2D eigenvalue weighted by Crippen LogP contribution is 2.43. The molecule has 1 aliphatic rings. The molecule has 1 saturated carbocycles. The van der Waals surface area contributed by atoms with Crippen LogP contribution in [0.3, 0.4) is 0 Å². The van der Waals surface area contributed by atoms with Gasteiger partial charge in [0.2, 0.25) is 5.95 Å². The number of rotatable bonds is 6. The largest absolute Gasteiger partial charge is 0.478 e. The van der Waals surface area contributed by atoms with Crippen molar-refractivity contribution in [3.8, 4) is 17.3 Å². The summed E-state index contributed by atoms with van der Waals surface area (Å²) in [6.45, 7) is 0. The quantitative estimate of drug-likeness (QED) is 0.559. The molecule has 2 N–H and O–H groups in total. The molecule has 0 saturated heterocycles. The first kappa shape index (κ1) is 20.5. The zero-order valence-corrected chi connectivity index (χ0v) is 16.9. The number of carbonyl (C=O) groups is 1. The second-order valence-electron chi connectivity index (χ2n) is 7.16. The summed E-state index contributed by atoms with van der Waals surface area (Å²) in [6.07, 6.45) is 1.63. The number of hydrogen-bond donors (Lipinski definition) is 2. The van der Waals surface area contributed by atoms with Crippen molar-refractivity contribution < 1.29 is 22.7 Å². The molecule has 0 spiro atoms. The van der Waals surface area contributed by atoms with Crippen molar-refractivity contribution >= 4 is 21.7 Å². The molecule has 7 nitrogen and oxygen atoms in total. The average molecular weight is 437 g/mol. The van der Waals surface area contributed by atoms with Crippen LogP contribution in [0.5, 0.6) is 0 Å². The molecule has 1 heterocycles. The van der Waals surface area contributed by atoms with Gasteiger partial charge in [-0.05, 0) is 66.8 Å². The molecule has 0 atom stereocenters. The van der Waals surface area contributed by atoms with Crippen molar-refractivity contribution in [2.24, 2.45) is 0 Å². The SMILES string of the molecule is N#Cc1ccc(-c2cccc(F)n2)c(NS(=O)(=O)c2cc(C(=O)O)ccc2C2CC2)c1. The van der Waals surface area contributed by atoms with Gasteiger partial charge in [0, 0.05) is 5.56 Å². The number of pyridine rings is 1. The van der Waals surface area contributed by atoms with E-state index in [1.54, 1.807) is 0 Å². The summed E-state index contributed by atoms with van der Waals surface area (Å²) in [4.78, 5) is 15.1. The fourth-order valence-electron chi connectivity index (χ4n) is 3.31. The van der Waals surface area contributed by atoms with Crippen LogP contribution in [0.25, 0.3) is 11.3 Å². The fraction of sp³-hybridized carbons (Fsp3) is 0.136. The molecule has 0 amide bonds. The maximum absolute atomic E-state index is 13.6. The lowest BCUT2D eigenvalue weighted by Crippen LogP contribution is -2.17. The third-order valence-electron chi connectivity index (χ3n) is 4.95. The van der Waals surface area contributed by atoms with Crippen molar-refractivity contribution in [1.29, 1.82) is 5.26 Å². The molecule has 0 aliphatic heterocycles. The Hall–Kier alpha value is -3.77. The van der Waals surface area contributed by atoms with E-state index in [1.807, 2.05) is 6.07 Å². The molecule has 0 bridgehead atoms. The molecule has 9 heteroatoms. The first-order valence-electron chi connectivity index (χ1n) is 9.35. The Morgan fingerprint density at radius 2 is 1.94 bits per heavy atom. The number of anilines is 1. The van der Waals surface area contributed by atoms with Gasteiger partial charge in [0.25, 0.3) is 10.0 Å². The third kappa shape index (κ3) is 4.25. The number of aromatic carboxylic acids is 1. The first-order chi connectivity index (χ1) is 14.8. The lowest BCUT2D eigenvalue weighted by molar-refractivity contribution is 0.0696. The van der Waals surface area contributed by atoms with Crippen LogP contribution in [-0.2, 0) is 10.0 Å². The van der Waals surface area contributed by atoms with E-state index < -0.39 is 21.9 Å². The molecule has 4 rings (SSSR count). The van der Waals surface area contributed by atoms with Gasteiger partial charge in [0.05, 0.1) is 33.5 Å². The number of nitrogens with zero attached hydrogens (tertiary/aromatic N) is 2. The van der Waals surface area contributed by atoms with E-state index in [1.165, 1.54) is 42.5 Å². The zero-order chi connectivity index (χ0) is 22.2. The van der Waals surface area contributed by atoms with Crippen molar-refractivity contribution in [3.05, 3.63) is 77.2 Å². The van der Waals surface area contributed by atoms with Crippen LogP contribution in [0.1, 0.15) is 40.2 Å². The molecule has 1 fully saturated rings. The lowest BCUT2D eigenvalue weighted by atomic mass is 10.1. The van der Waals surface area contributed by atoms with Crippen molar-refractivity contribution in [2.45, 2.75) is 23.7 Å². The van der Waals surface area contributed by atoms with Crippen LogP contribution >= 0.6 is 0 Å². The molecule has 1 aromatic heterocycles. The Labute approximate surface area is 177 Å². The molecule has 0 radical (unpaired) electrons. The van der Waals surface area contributed by atoms with E-state index in [0.717, 1.165) is 25.0 Å². The zero-order valence-electron chi connectivity index (χ0n) is 16.0. The van der Waals surface area contributed by atoms with Gasteiger partial charge in [-0.2, -0.15) is 9.65 Å². The predicted octanol–water partition coefficient (Wildman–Crippen LogP) is 4.14. The van der Waals surface area contributed by atoms with E-state index >= 15 is 0 Å². The van der Waals surface area contributed by atoms with Gasteiger partial charge in [0.1, 0.15) is 0 Å². The summed E-state index contributed by atoms with van der Waals surface area (Å²) in [5.41, 5.74) is 1.09. The van der Waals surface area contributed by atoms with Gasteiger partial charge in [-0.1, -0.05) is 12.1 Å². The molecular weight excluding hydrogens is 421 g/mol. The molecular formula is C22H16FN3O4S. The van der Waals surface area contributed by atoms with E-state index in [0.29, 0.717) is 5.56 Å². The highest BCUT2D eigenvalue weighted by atomic mass is 32.2. The number of hydrogen-bond acceptors (Lipinski definition) is 5. The first-order valence-corrected chi connectivity index (χ1v) is 10.8. The number of halogens is 1. The van der Waals surface area contributed by atoms with Gasteiger partial charge in [-0.15, -0.1) is 0 Å². The van der Waals surface area contributed by atoms with Gasteiger partial charge in [0.15, 0.2) is 0 Å². The number of nitriles is 1. The number of sulfonamides is 1. The van der Waals surface area contributed by atoms with Crippen LogP contribution in [0, 0.1) is 17.3 Å². The number of carboxylic acid groups (broad SMARTS) is 1. The molecule has 0 unspecified atom stereocenters. The molecule has 2 aromatic carbocycles. The molecule has 3 aromatic rings. The lowest BCUT2D eigenvalue weighted by Gasteiger charge is -2.16. The van der Waals surface area contributed by atoms with Crippen LogP contribution in [0.15, 0.2) is 59.5 Å². The molecule has 31 heavy (non-hydrogen) atoms. The fourth-order valence-corrected chi connectivity index (χ4v) is 4.71. The van der Waals surface area contributed by atoms with Crippen molar-refractivity contribution in [2.75, 3.05) is 4.72 Å². The predicted molar refractivity (Wildman–Crippen MR) is 111 cm³/mol. The molecule has 1 aliphatic carbocycles. The summed E-state index contributed by atoms with van der Waals surface area (Å²) in [5, 5.41) is 18.5. The number of benzene rings is 2. The number of aromatic nitrogens is 1. The maximum Gasteiger partial charge on any atom is 0.335 e. The third-order valence-corrected chi connectivity index (χ3v) is 6.37. The highest BCUT2D eigenvalue weighted by molar-refractivity contribution is 7.92. The summed E-state index contributed by atoms with van der Waals surface area (Å²) in [5.74, 6) is -1.93. The van der Waals surface area contributed by atoms with E-state index in [9.17, 15) is 28.0 Å². The Morgan fingerprint density at radius 3 is 2.58 bits per heavy atom. The summed E-state index contributed by atoms with van der Waals surface area (Å²) >= 11 is 0. The van der Waals surface area contributed by atoms with E-state index in [2.05, 4.69) is 9.71 Å². The Morgan fingerprint density at radius 1 is 1.16 bits per heavy atom. The monoisotopic (exact) mass is 437 g/mol. The average Bonchev–Trinajstić information content (AvgIpc) is 3.58. The van der Waals surface area contributed by atoms with Crippen LogP contribution in [-0.4, -0.2) is 24.5 Å². The van der Waals surface area contributed by atoms with E-state index in [4.69, 9.17) is 0 Å². The van der Waals surface area contributed by atoms with Gasteiger partial charge < -0.3 is 5.11 Å². The Bertz CT molecular complexity index is 1350. The summed E-state index contributed by atoms with van der Waals surface area (Å²) in [6, 6.07) is 14.4.